The molecule has 7 aromatic rings. The maximum atomic E-state index is 5.30. The summed E-state index contributed by atoms with van der Waals surface area (Å²) in [6, 6.07) is 61.3. The molecule has 0 amide bonds. The van der Waals surface area contributed by atoms with Gasteiger partial charge in [-0.05, 0) is 91.3 Å². The summed E-state index contributed by atoms with van der Waals surface area (Å²) in [7, 11) is 0. The van der Waals surface area contributed by atoms with E-state index in [-0.39, 0.29) is 23.9 Å². The van der Waals surface area contributed by atoms with Gasteiger partial charge in [-0.2, -0.15) is 0 Å². The van der Waals surface area contributed by atoms with Crippen molar-refractivity contribution in [3.63, 3.8) is 0 Å². The molecule has 0 fully saturated rings. The van der Waals surface area contributed by atoms with Gasteiger partial charge in [0.05, 0.1) is 23.5 Å². The molecule has 0 bridgehead atoms. The maximum Gasteiger partial charge on any atom is 0.0657 e. The number of anilines is 2. The van der Waals surface area contributed by atoms with Crippen molar-refractivity contribution in [1.82, 2.24) is 4.98 Å². The van der Waals surface area contributed by atoms with Crippen molar-refractivity contribution >= 4 is 11.4 Å². The summed E-state index contributed by atoms with van der Waals surface area (Å²) >= 11 is 0. The molecule has 0 saturated heterocycles. The van der Waals surface area contributed by atoms with Crippen LogP contribution in [0.3, 0.4) is 0 Å². The standard InChI is InChI=1S/C50H49N3/c1-34-32-43(47(39-22-10-6-11-23-39)40-24-12-7-13-25-40)50(44(33-34)48(41-26-14-8-15-27-41)42-28-16-9-17-29-42)52-38(5)46-31-19-30-45(53-46)37(4)51-49-35(2)20-18-21-36(49)3/h6-33,37-38,47-48,51-52H,1-5H3. The minimum absolute atomic E-state index is 0.0128. The van der Waals surface area contributed by atoms with Crippen LogP contribution in [-0.4, -0.2) is 4.98 Å². The number of aryl methyl sites for hydroxylation is 3. The van der Waals surface area contributed by atoms with Gasteiger partial charge in [-0.3, -0.25) is 4.98 Å². The van der Waals surface area contributed by atoms with E-state index in [0.717, 1.165) is 17.1 Å². The van der Waals surface area contributed by atoms with Crippen LogP contribution in [0.15, 0.2) is 170 Å². The van der Waals surface area contributed by atoms with E-state index in [9.17, 15) is 0 Å². The topological polar surface area (TPSA) is 37.0 Å². The van der Waals surface area contributed by atoms with Crippen LogP contribution < -0.4 is 10.6 Å². The van der Waals surface area contributed by atoms with E-state index in [0.29, 0.717) is 0 Å². The number of hydrogen-bond donors (Lipinski definition) is 2. The zero-order valence-corrected chi connectivity index (χ0v) is 31.4. The highest BCUT2D eigenvalue weighted by Gasteiger charge is 2.28. The molecule has 6 aromatic carbocycles. The van der Waals surface area contributed by atoms with Crippen molar-refractivity contribution in [2.45, 2.75) is 58.5 Å². The average Bonchev–Trinajstić information content (AvgIpc) is 3.19. The van der Waals surface area contributed by atoms with Gasteiger partial charge in [0, 0.05) is 23.2 Å². The van der Waals surface area contributed by atoms with Gasteiger partial charge in [0.25, 0.3) is 0 Å². The van der Waals surface area contributed by atoms with Crippen LogP contribution >= 0.6 is 0 Å². The molecule has 1 heterocycles. The molecule has 264 valence electrons. The second-order valence-corrected chi connectivity index (χ2v) is 14.3. The Balaban J connectivity index is 1.38. The highest BCUT2D eigenvalue weighted by Crippen LogP contribution is 2.45. The first-order chi connectivity index (χ1) is 25.9. The second-order valence-electron chi connectivity index (χ2n) is 14.3. The van der Waals surface area contributed by atoms with Crippen molar-refractivity contribution < 1.29 is 0 Å². The van der Waals surface area contributed by atoms with Crippen molar-refractivity contribution in [1.29, 1.82) is 0 Å². The quantitative estimate of drug-likeness (QED) is 0.125. The summed E-state index contributed by atoms with van der Waals surface area (Å²) in [5.41, 5.74) is 15.6. The number of benzene rings is 6. The highest BCUT2D eigenvalue weighted by atomic mass is 15.0. The predicted octanol–water partition coefficient (Wildman–Crippen LogP) is 12.7. The second kappa shape index (κ2) is 16.2. The summed E-state index contributed by atoms with van der Waals surface area (Å²) < 4.78 is 0. The van der Waals surface area contributed by atoms with E-state index in [1.165, 1.54) is 55.8 Å². The summed E-state index contributed by atoms with van der Waals surface area (Å²) in [5, 5.41) is 7.87. The zero-order chi connectivity index (χ0) is 36.7. The summed E-state index contributed by atoms with van der Waals surface area (Å²) in [4.78, 5) is 5.30. The molecule has 2 unspecified atom stereocenters. The van der Waals surface area contributed by atoms with Gasteiger partial charge in [0.1, 0.15) is 0 Å². The van der Waals surface area contributed by atoms with Gasteiger partial charge in [0.2, 0.25) is 0 Å². The third-order valence-electron chi connectivity index (χ3n) is 10.4. The molecule has 53 heavy (non-hydrogen) atoms. The summed E-state index contributed by atoms with van der Waals surface area (Å²) in [6.07, 6.45) is 0. The third-order valence-corrected chi connectivity index (χ3v) is 10.4. The number of rotatable bonds is 12. The lowest BCUT2D eigenvalue weighted by Gasteiger charge is -2.31. The van der Waals surface area contributed by atoms with Gasteiger partial charge in [-0.1, -0.05) is 163 Å². The average molecular weight is 692 g/mol. The smallest absolute Gasteiger partial charge is 0.0657 e. The fourth-order valence-electron chi connectivity index (χ4n) is 7.72. The minimum atomic E-state index is -0.0815. The van der Waals surface area contributed by atoms with E-state index >= 15 is 0 Å². The van der Waals surface area contributed by atoms with Crippen LogP contribution in [0.5, 0.6) is 0 Å². The Hall–Kier alpha value is -5.93. The van der Waals surface area contributed by atoms with Gasteiger partial charge >= 0.3 is 0 Å². The number of hydrogen-bond acceptors (Lipinski definition) is 3. The number of para-hydroxylation sites is 1. The Morgan fingerprint density at radius 2 is 0.736 bits per heavy atom. The van der Waals surface area contributed by atoms with Crippen LogP contribution in [-0.2, 0) is 0 Å². The molecule has 0 aliphatic rings. The lowest BCUT2D eigenvalue weighted by atomic mass is 9.78. The molecule has 0 radical (unpaired) electrons. The van der Waals surface area contributed by atoms with Crippen molar-refractivity contribution in [2.24, 2.45) is 0 Å². The molecule has 0 spiro atoms. The number of pyridine rings is 1. The van der Waals surface area contributed by atoms with Crippen molar-refractivity contribution in [3.05, 3.63) is 231 Å². The first kappa shape index (κ1) is 35.5. The SMILES string of the molecule is Cc1cc(C(c2ccccc2)c2ccccc2)c(NC(C)c2cccc(C(C)Nc3c(C)cccc3C)n2)c(C(c2ccccc2)c2ccccc2)c1. The largest absolute Gasteiger partial charge is 0.377 e. The summed E-state index contributed by atoms with van der Waals surface area (Å²) in [6.45, 7) is 11.0. The van der Waals surface area contributed by atoms with Crippen LogP contribution in [0.25, 0.3) is 0 Å². The van der Waals surface area contributed by atoms with Crippen LogP contribution in [0.4, 0.5) is 11.4 Å². The number of nitrogens with one attached hydrogen (secondary N) is 2. The number of nitrogens with zero attached hydrogens (tertiary/aromatic N) is 1. The highest BCUT2D eigenvalue weighted by molar-refractivity contribution is 5.69. The van der Waals surface area contributed by atoms with Crippen molar-refractivity contribution in [3.8, 4) is 0 Å². The van der Waals surface area contributed by atoms with Gasteiger partial charge in [-0.25, -0.2) is 0 Å². The minimum Gasteiger partial charge on any atom is -0.377 e. The molecular formula is C50H49N3. The Morgan fingerprint density at radius 1 is 0.396 bits per heavy atom. The monoisotopic (exact) mass is 691 g/mol. The molecular weight excluding hydrogens is 643 g/mol. The molecule has 3 heteroatoms. The van der Waals surface area contributed by atoms with Crippen molar-refractivity contribution in [2.75, 3.05) is 10.6 Å². The normalized spacial score (nSPS) is 12.4. The molecule has 3 nitrogen and oxygen atoms in total. The lowest BCUT2D eigenvalue weighted by molar-refractivity contribution is 0.775. The Bertz CT molecular complexity index is 2050. The Kier molecular flexibility index (Phi) is 10.8. The summed E-state index contributed by atoms with van der Waals surface area (Å²) in [5.74, 6) is 0.0256. The van der Waals surface area contributed by atoms with Gasteiger partial charge in [-0.15, -0.1) is 0 Å². The zero-order valence-electron chi connectivity index (χ0n) is 31.4. The first-order valence-electron chi connectivity index (χ1n) is 18.8. The first-order valence-corrected chi connectivity index (χ1v) is 18.8. The fourth-order valence-corrected chi connectivity index (χ4v) is 7.72. The van der Waals surface area contributed by atoms with Crippen LogP contribution in [0.2, 0.25) is 0 Å². The van der Waals surface area contributed by atoms with Crippen LogP contribution in [0.1, 0.15) is 99.2 Å². The third kappa shape index (κ3) is 7.95. The van der Waals surface area contributed by atoms with Gasteiger partial charge < -0.3 is 10.6 Å². The molecule has 0 aliphatic heterocycles. The van der Waals surface area contributed by atoms with E-state index < -0.39 is 0 Å². The number of aromatic nitrogens is 1. The van der Waals surface area contributed by atoms with Crippen LogP contribution in [0, 0.1) is 20.8 Å². The Morgan fingerprint density at radius 3 is 1.11 bits per heavy atom. The van der Waals surface area contributed by atoms with E-state index in [1.54, 1.807) is 0 Å². The van der Waals surface area contributed by atoms with E-state index in [2.05, 4.69) is 215 Å². The Labute approximate surface area is 315 Å². The van der Waals surface area contributed by atoms with E-state index in [4.69, 9.17) is 4.98 Å². The molecule has 7 rings (SSSR count). The molecule has 2 N–H and O–H groups in total. The maximum absolute atomic E-state index is 5.30. The van der Waals surface area contributed by atoms with E-state index in [1.807, 2.05) is 0 Å². The fraction of sp³-hybridized carbons (Fsp3) is 0.180. The van der Waals surface area contributed by atoms with Gasteiger partial charge in [0.15, 0.2) is 0 Å². The molecule has 1 aromatic heterocycles. The predicted molar refractivity (Wildman–Crippen MR) is 223 cm³/mol. The molecule has 0 saturated carbocycles. The lowest BCUT2D eigenvalue weighted by Crippen LogP contribution is -2.18. The molecule has 2 atom stereocenters. The molecule has 0 aliphatic carbocycles.